The Bertz CT molecular complexity index is 1320. The van der Waals surface area contributed by atoms with E-state index >= 15 is 0 Å². The number of pyridine rings is 1. The number of nitrogens with one attached hydrogen (secondary N) is 2. The largest absolute Gasteiger partial charge is 0.505 e. The van der Waals surface area contributed by atoms with Gasteiger partial charge in [-0.15, -0.1) is 12.8 Å². The minimum Gasteiger partial charge on any atom is -0.505 e. The van der Waals surface area contributed by atoms with Crippen molar-refractivity contribution >= 4 is 29.3 Å². The van der Waals surface area contributed by atoms with E-state index < -0.39 is 0 Å². The fourth-order valence-electron chi connectivity index (χ4n) is 3.71. The molecule has 1 unspecified atom stereocenters. The van der Waals surface area contributed by atoms with Crippen LogP contribution in [0, 0.1) is 12.8 Å². The van der Waals surface area contributed by atoms with Crippen LogP contribution in [-0.2, 0) is 17.9 Å². The first-order chi connectivity index (χ1) is 20.5. The highest BCUT2D eigenvalue weighted by Crippen LogP contribution is 2.27. The van der Waals surface area contributed by atoms with Crippen molar-refractivity contribution < 1.29 is 14.3 Å². The maximum absolute atomic E-state index is 13.2. The summed E-state index contributed by atoms with van der Waals surface area (Å²) in [7, 11) is 1.70. The maximum atomic E-state index is 13.2. The normalized spacial score (nSPS) is 12.5. The summed E-state index contributed by atoms with van der Waals surface area (Å²) in [6.07, 6.45) is 19.9. The average molecular weight is 593 g/mol. The number of nitrogens with zero attached hydrogens (tertiary/aromatic N) is 4. The summed E-state index contributed by atoms with van der Waals surface area (Å²) in [5.41, 5.74) is 2.73. The molecular weight excluding hydrogens is 548 g/mol. The molecule has 226 valence electrons. The van der Waals surface area contributed by atoms with E-state index in [0.717, 1.165) is 29.5 Å². The van der Waals surface area contributed by atoms with Crippen LogP contribution >= 0.6 is 11.7 Å². The van der Waals surface area contributed by atoms with Gasteiger partial charge >= 0.3 is 0 Å². The van der Waals surface area contributed by atoms with Crippen LogP contribution in [0.4, 0.5) is 11.6 Å². The first-order valence-corrected chi connectivity index (χ1v) is 14.9. The number of aromatic nitrogens is 3. The summed E-state index contributed by atoms with van der Waals surface area (Å²) in [6, 6.07) is 5.78. The Kier molecular flexibility index (Phi) is 16.7. The van der Waals surface area contributed by atoms with Gasteiger partial charge in [-0.1, -0.05) is 59.8 Å². The molecule has 0 aliphatic heterocycles. The molecule has 0 saturated heterocycles. The predicted octanol–water partition coefficient (Wildman–Crippen LogP) is 7.68. The molecule has 3 aromatic rings. The van der Waals surface area contributed by atoms with E-state index in [2.05, 4.69) is 51.1 Å². The van der Waals surface area contributed by atoms with Crippen molar-refractivity contribution in [2.24, 2.45) is 0 Å². The van der Waals surface area contributed by atoms with Gasteiger partial charge in [0.05, 0.1) is 35.8 Å². The average Bonchev–Trinajstić information content (AvgIpc) is 3.67. The molecule has 0 spiro atoms. The zero-order valence-electron chi connectivity index (χ0n) is 25.7. The SMILES string of the molecule is C#C.CC.CC.CCC(C)c1coc(CNc2nsnc2NC2=CC=CCC(C(=O)N(C)Cc3cccnc3)=C2O)c1. The molecule has 0 radical (unpaired) electrons. The Labute approximate surface area is 254 Å². The molecule has 42 heavy (non-hydrogen) atoms. The van der Waals surface area contributed by atoms with Gasteiger partial charge < -0.3 is 25.1 Å². The number of aliphatic hydroxyl groups excluding tert-OH is 1. The number of hydrogen-bond donors (Lipinski definition) is 3. The highest BCUT2D eigenvalue weighted by atomic mass is 32.1. The van der Waals surface area contributed by atoms with Gasteiger partial charge in [-0.25, -0.2) is 0 Å². The molecule has 0 aromatic carbocycles. The van der Waals surface area contributed by atoms with Gasteiger partial charge in [0, 0.05) is 26.0 Å². The van der Waals surface area contributed by atoms with E-state index in [9.17, 15) is 9.90 Å². The smallest absolute Gasteiger partial charge is 0.253 e. The zero-order valence-corrected chi connectivity index (χ0v) is 26.5. The van der Waals surface area contributed by atoms with Crippen molar-refractivity contribution in [3.05, 3.63) is 89.0 Å². The third-order valence-corrected chi connectivity index (χ3v) is 6.56. The van der Waals surface area contributed by atoms with Crippen molar-refractivity contribution in [2.75, 3.05) is 17.7 Å². The summed E-state index contributed by atoms with van der Waals surface area (Å²) >= 11 is 1.04. The second kappa shape index (κ2) is 19.7. The van der Waals surface area contributed by atoms with Crippen molar-refractivity contribution in [1.82, 2.24) is 18.6 Å². The van der Waals surface area contributed by atoms with Crippen molar-refractivity contribution in [2.45, 2.75) is 73.4 Å². The zero-order chi connectivity index (χ0) is 31.5. The summed E-state index contributed by atoms with van der Waals surface area (Å²) in [5, 5.41) is 17.4. The number of hydrogen-bond acceptors (Lipinski definition) is 9. The summed E-state index contributed by atoms with van der Waals surface area (Å²) in [5.74, 6) is 1.84. The van der Waals surface area contributed by atoms with Gasteiger partial charge in [-0.3, -0.25) is 9.78 Å². The van der Waals surface area contributed by atoms with Gasteiger partial charge in [0.25, 0.3) is 5.91 Å². The molecular formula is C32H44N6O3S. The van der Waals surface area contributed by atoms with E-state index in [4.69, 9.17) is 4.42 Å². The fourth-order valence-corrected chi connectivity index (χ4v) is 4.20. The highest BCUT2D eigenvalue weighted by molar-refractivity contribution is 6.99. The molecule has 4 rings (SSSR count). The number of aliphatic hydroxyl groups is 1. The van der Waals surface area contributed by atoms with Crippen LogP contribution in [0.2, 0.25) is 0 Å². The lowest BCUT2D eigenvalue weighted by molar-refractivity contribution is -0.126. The number of rotatable bonds is 10. The number of terminal acetylenes is 1. The number of anilines is 2. The third-order valence-electron chi connectivity index (χ3n) is 6.04. The van der Waals surface area contributed by atoms with Gasteiger partial charge in [0.2, 0.25) is 0 Å². The topological polar surface area (TPSA) is 116 Å². The Morgan fingerprint density at radius 1 is 1.21 bits per heavy atom. The lowest BCUT2D eigenvalue weighted by Crippen LogP contribution is -2.28. The summed E-state index contributed by atoms with van der Waals surface area (Å²) < 4.78 is 14.3. The standard InChI is InChI=1S/C26H30N6O3S.2C2H6.C2H2/c1-4-17(2)19-12-20(35-16-19)14-28-24-25(31-36-30-24)29-22-10-6-5-9-21(23(22)33)26(34)32(3)15-18-8-7-11-27-13-18;3*1-2/h5-8,10-13,16-17,33H,4,9,14-15H2,1-3H3,(H,28,30)(H,29,31);2*1-2H3;1-2H. The molecule has 3 aromatic heterocycles. The van der Waals surface area contributed by atoms with Crippen LogP contribution in [0.5, 0.6) is 0 Å². The first kappa shape index (κ1) is 35.7. The van der Waals surface area contributed by atoms with Crippen molar-refractivity contribution in [3.63, 3.8) is 0 Å². The molecule has 1 aliphatic carbocycles. The Morgan fingerprint density at radius 3 is 2.60 bits per heavy atom. The van der Waals surface area contributed by atoms with Crippen molar-refractivity contribution in [3.8, 4) is 12.8 Å². The molecule has 3 N–H and O–H groups in total. The summed E-state index contributed by atoms with van der Waals surface area (Å²) in [6.45, 7) is 13.1. The minimum absolute atomic E-state index is 0.119. The predicted molar refractivity (Wildman–Crippen MR) is 173 cm³/mol. The van der Waals surface area contributed by atoms with E-state index in [-0.39, 0.29) is 11.7 Å². The molecule has 9 nitrogen and oxygen atoms in total. The van der Waals surface area contributed by atoms with Crippen LogP contribution in [0.3, 0.4) is 0 Å². The second-order valence-corrected chi connectivity index (χ2v) is 9.19. The Balaban J connectivity index is 0.00000138. The monoisotopic (exact) mass is 592 g/mol. The van der Waals surface area contributed by atoms with Crippen LogP contribution < -0.4 is 10.6 Å². The number of likely N-dealkylation sites (N-methyl/N-ethyl adjacent to an activating group) is 1. The van der Waals surface area contributed by atoms with E-state index in [1.165, 1.54) is 5.56 Å². The van der Waals surface area contributed by atoms with Gasteiger partial charge in [-0.05, 0) is 48.1 Å². The van der Waals surface area contributed by atoms with E-state index in [1.54, 1.807) is 42.8 Å². The quantitative estimate of drug-likeness (QED) is 0.205. The molecule has 1 atom stereocenters. The van der Waals surface area contributed by atoms with Gasteiger partial charge in [0.15, 0.2) is 11.6 Å². The maximum Gasteiger partial charge on any atom is 0.253 e. The first-order valence-electron chi connectivity index (χ1n) is 14.1. The molecule has 10 heteroatoms. The van der Waals surface area contributed by atoms with Crippen LogP contribution in [0.25, 0.3) is 0 Å². The molecule has 3 heterocycles. The van der Waals surface area contributed by atoms with Crippen LogP contribution in [0.1, 0.15) is 77.2 Å². The molecule has 0 bridgehead atoms. The Hall–Kier alpha value is -4.36. The molecule has 1 aliphatic rings. The molecule has 1 amide bonds. The number of allylic oxidation sites excluding steroid dienone is 3. The van der Waals surface area contributed by atoms with E-state index in [1.807, 2.05) is 52.0 Å². The number of carbonyl (C=O) groups is 1. The third kappa shape index (κ3) is 10.2. The second-order valence-electron chi connectivity index (χ2n) is 8.66. The molecule has 0 fully saturated rings. The lowest BCUT2D eigenvalue weighted by Gasteiger charge is -2.20. The summed E-state index contributed by atoms with van der Waals surface area (Å²) in [4.78, 5) is 18.8. The number of furan rings is 1. The Morgan fingerprint density at radius 2 is 1.93 bits per heavy atom. The minimum atomic E-state index is -0.264. The van der Waals surface area contributed by atoms with E-state index in [0.29, 0.717) is 48.3 Å². The van der Waals surface area contributed by atoms with Crippen molar-refractivity contribution in [1.29, 1.82) is 0 Å². The van der Waals surface area contributed by atoms with Crippen LogP contribution in [0.15, 0.2) is 76.5 Å². The number of amides is 1. The van der Waals surface area contributed by atoms with Gasteiger partial charge in [0.1, 0.15) is 11.5 Å². The fraction of sp³-hybridized carbons (Fsp3) is 0.375. The molecule has 0 saturated carbocycles. The highest BCUT2D eigenvalue weighted by Gasteiger charge is 2.23. The lowest BCUT2D eigenvalue weighted by atomic mass is 10.0. The van der Waals surface area contributed by atoms with Crippen LogP contribution in [-0.4, -0.2) is 36.7 Å². The number of carbonyl (C=O) groups excluding carboxylic acids is 1. The van der Waals surface area contributed by atoms with Gasteiger partial charge in [-0.2, -0.15) is 8.75 Å².